The summed E-state index contributed by atoms with van der Waals surface area (Å²) in [5.41, 5.74) is 0.506. The van der Waals surface area contributed by atoms with E-state index in [1.165, 1.54) is 24.3 Å². The minimum absolute atomic E-state index is 0.0872. The van der Waals surface area contributed by atoms with Crippen molar-refractivity contribution in [3.63, 3.8) is 0 Å². The van der Waals surface area contributed by atoms with E-state index < -0.39 is 39.9 Å². The number of carbonyl (C=O) groups excluding carboxylic acids is 1. The Bertz CT molecular complexity index is 2040. The van der Waals surface area contributed by atoms with E-state index in [1.807, 2.05) is 0 Å². The molecule has 2 aromatic heterocycles. The molecule has 2 atom stereocenters. The maximum atomic E-state index is 13.7. The molecular formula is C33H20N2O13. The highest BCUT2D eigenvalue weighted by Crippen LogP contribution is 2.38. The van der Waals surface area contributed by atoms with Gasteiger partial charge in [-0.15, -0.1) is 0 Å². The Morgan fingerprint density at radius 3 is 1.23 bits per heavy atom. The lowest BCUT2D eigenvalue weighted by Gasteiger charge is -2.20. The van der Waals surface area contributed by atoms with E-state index in [0.717, 1.165) is 24.3 Å². The number of hydrogen-bond donors (Lipinski definition) is 0. The van der Waals surface area contributed by atoms with Crippen LogP contribution < -0.4 is 11.6 Å². The molecule has 0 spiro atoms. The van der Waals surface area contributed by atoms with Crippen LogP contribution in [0.2, 0.25) is 0 Å². The van der Waals surface area contributed by atoms with E-state index in [0.29, 0.717) is 11.1 Å². The Morgan fingerprint density at radius 1 is 0.542 bits per heavy atom. The van der Waals surface area contributed by atoms with Gasteiger partial charge in [0.05, 0.1) is 9.85 Å². The molecule has 15 nitrogen and oxygen atoms in total. The fraction of sp³-hybridized carbons (Fsp3) is 0.0606. The van der Waals surface area contributed by atoms with Crippen LogP contribution in [0.25, 0.3) is 22.6 Å². The van der Waals surface area contributed by atoms with Gasteiger partial charge in [0.1, 0.15) is 0 Å². The third-order valence-corrected chi connectivity index (χ3v) is 6.99. The molecule has 0 bridgehead atoms. The van der Waals surface area contributed by atoms with E-state index in [9.17, 15) is 34.6 Å². The molecule has 2 heterocycles. The van der Waals surface area contributed by atoms with Gasteiger partial charge in [-0.2, -0.15) is 0 Å². The summed E-state index contributed by atoms with van der Waals surface area (Å²) in [5.74, 6) is -2.94. The Morgan fingerprint density at radius 2 is 0.896 bits per heavy atom. The molecule has 15 heteroatoms. The zero-order valence-electron chi connectivity index (χ0n) is 24.2. The lowest BCUT2D eigenvalue weighted by molar-refractivity contribution is -0.385. The first-order valence-corrected chi connectivity index (χ1v) is 13.9. The number of nitrogens with zero attached hydrogens (tertiary/aromatic N) is 2. The Labute approximate surface area is 267 Å². The number of non-ortho nitro benzene ring substituents is 2. The molecule has 0 fully saturated rings. The van der Waals surface area contributed by atoms with Gasteiger partial charge >= 0.3 is 17.8 Å². The maximum Gasteiger partial charge on any atom is 0.519 e. The second kappa shape index (κ2) is 13.1. The van der Waals surface area contributed by atoms with Crippen LogP contribution in [0.15, 0.2) is 136 Å². The molecule has 0 saturated carbocycles. The van der Waals surface area contributed by atoms with Crippen molar-refractivity contribution in [1.29, 1.82) is 0 Å². The zero-order chi connectivity index (χ0) is 33.8. The molecule has 240 valence electrons. The molecule has 0 aliphatic heterocycles. The fourth-order valence-corrected chi connectivity index (χ4v) is 4.82. The van der Waals surface area contributed by atoms with Gasteiger partial charge in [0, 0.05) is 46.5 Å². The van der Waals surface area contributed by atoms with Crippen LogP contribution in [-0.4, -0.2) is 16.0 Å². The standard InChI is InChI=1S/C33H20N2O13/c36-31(45-27(21-11-15-23(16-12-21)34(39)40)29-25(43-32(37)47-29)19-7-3-1-4-8-19)46-28(22-13-17-24(18-14-22)35(41)42)30-26(44-33(38)48-30)20-9-5-2-6-10-20/h1-18,27-28H. The predicted octanol–water partition coefficient (Wildman–Crippen LogP) is 6.96. The highest BCUT2D eigenvalue weighted by Gasteiger charge is 2.34. The van der Waals surface area contributed by atoms with Gasteiger partial charge in [-0.1, -0.05) is 60.7 Å². The van der Waals surface area contributed by atoms with Gasteiger partial charge in [-0.25, -0.2) is 14.4 Å². The topological polar surface area (TPSA) is 209 Å². The van der Waals surface area contributed by atoms with Crippen LogP contribution in [0, 0.1) is 20.2 Å². The van der Waals surface area contributed by atoms with E-state index in [1.54, 1.807) is 60.7 Å². The molecule has 6 rings (SSSR count). The summed E-state index contributed by atoms with van der Waals surface area (Å²) in [7, 11) is 0. The first kappa shape index (κ1) is 31.0. The van der Waals surface area contributed by atoms with Crippen molar-refractivity contribution in [1.82, 2.24) is 0 Å². The molecule has 2 unspecified atom stereocenters. The van der Waals surface area contributed by atoms with Gasteiger partial charge in [0.15, 0.2) is 35.2 Å². The predicted molar refractivity (Wildman–Crippen MR) is 163 cm³/mol. The summed E-state index contributed by atoms with van der Waals surface area (Å²) in [6.45, 7) is 0. The highest BCUT2D eigenvalue weighted by molar-refractivity contribution is 5.66. The number of nitro benzene ring substituents is 2. The molecule has 0 amide bonds. The maximum absolute atomic E-state index is 13.7. The molecule has 48 heavy (non-hydrogen) atoms. The van der Waals surface area contributed by atoms with Crippen molar-refractivity contribution < 1.29 is 41.8 Å². The van der Waals surface area contributed by atoms with Crippen molar-refractivity contribution in [2.24, 2.45) is 0 Å². The van der Waals surface area contributed by atoms with Crippen molar-refractivity contribution in [3.05, 3.63) is 173 Å². The second-order valence-corrected chi connectivity index (χ2v) is 9.97. The molecule has 0 saturated heterocycles. The average Bonchev–Trinajstić information content (AvgIpc) is 3.69. The van der Waals surface area contributed by atoms with Gasteiger partial charge in [0.25, 0.3) is 11.4 Å². The third kappa shape index (κ3) is 6.50. The molecule has 4 aromatic carbocycles. The first-order chi connectivity index (χ1) is 23.2. The van der Waals surface area contributed by atoms with E-state index in [2.05, 4.69) is 0 Å². The fourth-order valence-electron chi connectivity index (χ4n) is 4.82. The molecule has 0 aliphatic rings. The van der Waals surface area contributed by atoms with Crippen LogP contribution >= 0.6 is 0 Å². The van der Waals surface area contributed by atoms with Crippen LogP contribution in [0.3, 0.4) is 0 Å². The van der Waals surface area contributed by atoms with Gasteiger partial charge in [-0.05, 0) is 24.3 Å². The molecule has 0 aliphatic carbocycles. The Hall–Kier alpha value is -7.03. The molecule has 0 N–H and O–H groups in total. The minimum atomic E-state index is -1.55. The summed E-state index contributed by atoms with van der Waals surface area (Å²) in [4.78, 5) is 59.7. The first-order valence-electron chi connectivity index (χ1n) is 13.9. The smallest absolute Gasteiger partial charge is 0.418 e. The summed E-state index contributed by atoms with van der Waals surface area (Å²) in [6.07, 6.45) is -4.50. The number of carbonyl (C=O) groups is 1. The largest absolute Gasteiger partial charge is 0.519 e. The number of rotatable bonds is 10. The molecule has 0 radical (unpaired) electrons. The Balaban J connectivity index is 1.42. The number of benzene rings is 4. The Kier molecular flexibility index (Phi) is 8.48. The molecule has 6 aromatic rings. The van der Waals surface area contributed by atoms with E-state index >= 15 is 0 Å². The van der Waals surface area contributed by atoms with E-state index in [-0.39, 0.29) is 45.5 Å². The minimum Gasteiger partial charge on any atom is -0.418 e. The average molecular weight is 653 g/mol. The third-order valence-electron chi connectivity index (χ3n) is 6.99. The quantitative estimate of drug-likeness (QED) is 0.0833. The van der Waals surface area contributed by atoms with Crippen molar-refractivity contribution >= 4 is 17.5 Å². The van der Waals surface area contributed by atoms with Crippen molar-refractivity contribution in [2.45, 2.75) is 12.2 Å². The summed E-state index contributed by atoms with van der Waals surface area (Å²) >= 11 is 0. The zero-order valence-corrected chi connectivity index (χ0v) is 24.2. The second-order valence-electron chi connectivity index (χ2n) is 9.97. The lowest BCUT2D eigenvalue weighted by Crippen LogP contribution is -2.18. The summed E-state index contributed by atoms with van der Waals surface area (Å²) < 4.78 is 32.6. The molecular weight excluding hydrogens is 632 g/mol. The highest BCUT2D eigenvalue weighted by atomic mass is 16.7. The van der Waals surface area contributed by atoms with Crippen LogP contribution in [-0.2, 0) is 9.47 Å². The normalized spacial score (nSPS) is 12.2. The van der Waals surface area contributed by atoms with Crippen LogP contribution in [0.5, 0.6) is 0 Å². The number of nitro groups is 2. The summed E-state index contributed by atoms with van der Waals surface area (Å²) in [6, 6.07) is 26.3. The summed E-state index contributed by atoms with van der Waals surface area (Å²) in [5, 5.41) is 22.6. The van der Waals surface area contributed by atoms with Gasteiger partial charge < -0.3 is 27.1 Å². The van der Waals surface area contributed by atoms with Gasteiger partial charge in [-0.3, -0.25) is 20.2 Å². The monoisotopic (exact) mass is 652 g/mol. The number of ether oxygens (including phenoxy) is 2. The number of hydrogen-bond acceptors (Lipinski definition) is 13. The van der Waals surface area contributed by atoms with Crippen molar-refractivity contribution in [2.75, 3.05) is 0 Å². The lowest BCUT2D eigenvalue weighted by atomic mass is 10.0. The van der Waals surface area contributed by atoms with Crippen molar-refractivity contribution in [3.8, 4) is 22.6 Å². The van der Waals surface area contributed by atoms with Crippen LogP contribution in [0.4, 0.5) is 16.2 Å². The van der Waals surface area contributed by atoms with Crippen LogP contribution in [0.1, 0.15) is 34.9 Å². The SMILES string of the molecule is O=C(OC(c1ccc([N+](=O)[O-])cc1)c1oc(=O)oc1-c1ccccc1)OC(c1ccc([N+](=O)[O-])cc1)c1oc(=O)oc1-c1ccccc1. The van der Waals surface area contributed by atoms with E-state index in [4.69, 9.17) is 27.1 Å². The van der Waals surface area contributed by atoms with Gasteiger partial charge in [0.2, 0.25) is 0 Å².